The lowest BCUT2D eigenvalue weighted by atomic mass is 9.77. The van der Waals surface area contributed by atoms with E-state index >= 15 is 0 Å². The molecule has 1 aliphatic heterocycles. The molecule has 0 radical (unpaired) electrons. The minimum Gasteiger partial charge on any atom is -0.481 e. The molecule has 1 N–H and O–H groups in total. The van der Waals surface area contributed by atoms with E-state index < -0.39 is 17.2 Å². The topological polar surface area (TPSA) is 46.5 Å². The minimum absolute atomic E-state index is 0.129. The predicted molar refractivity (Wildman–Crippen MR) is 65.2 cm³/mol. The van der Waals surface area contributed by atoms with Crippen molar-refractivity contribution in [3.05, 3.63) is 34.6 Å². The monoisotopic (exact) mass is 272 g/mol. The summed E-state index contributed by atoms with van der Waals surface area (Å²) in [5.74, 6) is -1.40. The molecule has 0 saturated carbocycles. The summed E-state index contributed by atoms with van der Waals surface area (Å²) in [6.07, 6.45) is 1.32. The first kappa shape index (κ1) is 13.3. The summed E-state index contributed by atoms with van der Waals surface area (Å²) in [6.45, 7) is 0.697. The molecule has 0 aliphatic carbocycles. The molecule has 1 aromatic rings. The van der Waals surface area contributed by atoms with Crippen LogP contribution in [0.15, 0.2) is 18.2 Å². The fourth-order valence-corrected chi connectivity index (χ4v) is 2.42. The van der Waals surface area contributed by atoms with Crippen molar-refractivity contribution in [2.45, 2.75) is 19.3 Å². The highest BCUT2D eigenvalue weighted by molar-refractivity contribution is 6.30. The molecule has 1 aliphatic rings. The third-order valence-corrected chi connectivity index (χ3v) is 3.56. The summed E-state index contributed by atoms with van der Waals surface area (Å²) in [7, 11) is 0. The molecule has 1 saturated heterocycles. The maximum absolute atomic E-state index is 13.7. The highest BCUT2D eigenvalue weighted by atomic mass is 35.5. The van der Waals surface area contributed by atoms with E-state index in [-0.39, 0.29) is 13.0 Å². The van der Waals surface area contributed by atoms with Crippen LogP contribution >= 0.6 is 11.6 Å². The van der Waals surface area contributed by atoms with Crippen LogP contribution in [-0.2, 0) is 16.0 Å². The van der Waals surface area contributed by atoms with Gasteiger partial charge in [-0.2, -0.15) is 0 Å². The van der Waals surface area contributed by atoms with E-state index in [0.717, 1.165) is 0 Å². The van der Waals surface area contributed by atoms with E-state index in [1.54, 1.807) is 6.07 Å². The van der Waals surface area contributed by atoms with Crippen LogP contribution in [0, 0.1) is 11.2 Å². The maximum Gasteiger partial charge on any atom is 0.312 e. The van der Waals surface area contributed by atoms with Gasteiger partial charge in [0.05, 0.1) is 12.0 Å². The first-order valence-electron chi connectivity index (χ1n) is 5.79. The summed E-state index contributed by atoms with van der Waals surface area (Å²) in [5, 5.41) is 9.67. The molecule has 98 valence electrons. The zero-order valence-corrected chi connectivity index (χ0v) is 10.5. The number of benzene rings is 1. The van der Waals surface area contributed by atoms with Gasteiger partial charge < -0.3 is 9.84 Å². The number of ether oxygens (including phenoxy) is 1. The van der Waals surface area contributed by atoms with E-state index in [0.29, 0.717) is 30.0 Å². The van der Waals surface area contributed by atoms with Crippen LogP contribution in [0.25, 0.3) is 0 Å². The first-order chi connectivity index (χ1) is 8.53. The lowest BCUT2D eigenvalue weighted by molar-refractivity contribution is -0.157. The smallest absolute Gasteiger partial charge is 0.312 e. The third kappa shape index (κ3) is 2.65. The SMILES string of the molecule is O=C(O)C1(Cc2ccc(Cl)cc2F)CCCOC1. The average Bonchev–Trinajstić information content (AvgIpc) is 2.34. The molecule has 1 heterocycles. The van der Waals surface area contributed by atoms with E-state index in [9.17, 15) is 14.3 Å². The van der Waals surface area contributed by atoms with Crippen LogP contribution in [0.2, 0.25) is 5.02 Å². The predicted octanol–water partition coefficient (Wildman–Crippen LogP) is 2.90. The average molecular weight is 273 g/mol. The van der Waals surface area contributed by atoms with Crippen molar-refractivity contribution in [1.82, 2.24) is 0 Å². The van der Waals surface area contributed by atoms with Crippen molar-refractivity contribution < 1.29 is 19.0 Å². The Bertz CT molecular complexity index is 456. The van der Waals surface area contributed by atoms with Crippen LogP contribution < -0.4 is 0 Å². The lowest BCUT2D eigenvalue weighted by Crippen LogP contribution is -2.41. The van der Waals surface area contributed by atoms with E-state index in [1.807, 2.05) is 0 Å². The summed E-state index contributed by atoms with van der Waals surface area (Å²) in [4.78, 5) is 11.4. The van der Waals surface area contributed by atoms with Crippen LogP contribution in [0.5, 0.6) is 0 Å². The Balaban J connectivity index is 2.26. The van der Waals surface area contributed by atoms with Crippen molar-refractivity contribution in [2.75, 3.05) is 13.2 Å². The zero-order chi connectivity index (χ0) is 13.2. The van der Waals surface area contributed by atoms with Crippen molar-refractivity contribution >= 4 is 17.6 Å². The van der Waals surface area contributed by atoms with Gasteiger partial charge in [-0.25, -0.2) is 4.39 Å². The molecule has 1 aromatic carbocycles. The number of carbonyl (C=O) groups is 1. The second kappa shape index (κ2) is 5.24. The molecule has 0 aromatic heterocycles. The van der Waals surface area contributed by atoms with Gasteiger partial charge in [0.1, 0.15) is 5.82 Å². The number of halogens is 2. The standard InChI is InChI=1S/C13H14ClFO3/c14-10-3-2-9(11(15)6-10)7-13(12(16)17)4-1-5-18-8-13/h2-3,6H,1,4-5,7-8H2,(H,16,17). The zero-order valence-electron chi connectivity index (χ0n) is 9.79. The Morgan fingerprint density at radius 2 is 2.33 bits per heavy atom. The van der Waals surface area contributed by atoms with Gasteiger partial charge in [-0.1, -0.05) is 17.7 Å². The quantitative estimate of drug-likeness (QED) is 0.920. The van der Waals surface area contributed by atoms with E-state index in [2.05, 4.69) is 0 Å². The molecule has 1 unspecified atom stereocenters. The van der Waals surface area contributed by atoms with E-state index in [4.69, 9.17) is 16.3 Å². The molecule has 0 spiro atoms. The third-order valence-electron chi connectivity index (χ3n) is 3.32. The number of aliphatic carboxylic acids is 1. The Kier molecular flexibility index (Phi) is 3.88. The summed E-state index contributed by atoms with van der Waals surface area (Å²) in [5.41, 5.74) is -0.653. The van der Waals surface area contributed by atoms with Gasteiger partial charge in [0.25, 0.3) is 0 Å². The summed E-state index contributed by atoms with van der Waals surface area (Å²) < 4.78 is 19.0. The minimum atomic E-state index is -1.02. The molecule has 3 nitrogen and oxygen atoms in total. The molecule has 1 fully saturated rings. The fourth-order valence-electron chi connectivity index (χ4n) is 2.27. The molecular weight excluding hydrogens is 259 g/mol. The number of rotatable bonds is 3. The summed E-state index contributed by atoms with van der Waals surface area (Å²) in [6, 6.07) is 4.31. The Morgan fingerprint density at radius 1 is 1.56 bits per heavy atom. The number of carboxylic acid groups (broad SMARTS) is 1. The first-order valence-corrected chi connectivity index (χ1v) is 6.16. The number of hydrogen-bond donors (Lipinski definition) is 1. The van der Waals surface area contributed by atoms with Crippen molar-refractivity contribution in [2.24, 2.45) is 5.41 Å². The molecule has 5 heteroatoms. The van der Waals surface area contributed by atoms with Crippen LogP contribution in [0.1, 0.15) is 18.4 Å². The van der Waals surface area contributed by atoms with Gasteiger partial charge in [-0.05, 0) is 37.0 Å². The molecule has 1 atom stereocenters. The van der Waals surface area contributed by atoms with Gasteiger partial charge in [0.15, 0.2) is 0 Å². The highest BCUT2D eigenvalue weighted by Crippen LogP contribution is 2.34. The van der Waals surface area contributed by atoms with Crippen LogP contribution in [-0.4, -0.2) is 24.3 Å². The number of hydrogen-bond acceptors (Lipinski definition) is 2. The van der Waals surface area contributed by atoms with Gasteiger partial charge in [0, 0.05) is 11.6 Å². The molecule has 0 bridgehead atoms. The normalized spacial score (nSPS) is 23.9. The van der Waals surface area contributed by atoms with E-state index in [1.165, 1.54) is 12.1 Å². The molecule has 2 rings (SSSR count). The van der Waals surface area contributed by atoms with Gasteiger partial charge in [0.2, 0.25) is 0 Å². The summed E-state index contributed by atoms with van der Waals surface area (Å²) >= 11 is 5.68. The number of carboxylic acids is 1. The van der Waals surface area contributed by atoms with Crippen LogP contribution in [0.3, 0.4) is 0 Å². The molecule has 18 heavy (non-hydrogen) atoms. The second-order valence-electron chi connectivity index (χ2n) is 4.65. The molecular formula is C13H14ClFO3. The largest absolute Gasteiger partial charge is 0.481 e. The Morgan fingerprint density at radius 3 is 2.89 bits per heavy atom. The maximum atomic E-state index is 13.7. The lowest BCUT2D eigenvalue weighted by Gasteiger charge is -2.33. The van der Waals surface area contributed by atoms with Crippen molar-refractivity contribution in [1.29, 1.82) is 0 Å². The Labute approximate surface area is 110 Å². The van der Waals surface area contributed by atoms with Crippen molar-refractivity contribution in [3.8, 4) is 0 Å². The molecule has 0 amide bonds. The van der Waals surface area contributed by atoms with Gasteiger partial charge in [-0.15, -0.1) is 0 Å². The van der Waals surface area contributed by atoms with Gasteiger partial charge in [-0.3, -0.25) is 4.79 Å². The highest BCUT2D eigenvalue weighted by Gasteiger charge is 2.41. The fraction of sp³-hybridized carbons (Fsp3) is 0.462. The van der Waals surface area contributed by atoms with Crippen LogP contribution in [0.4, 0.5) is 4.39 Å². The van der Waals surface area contributed by atoms with Crippen molar-refractivity contribution in [3.63, 3.8) is 0 Å². The second-order valence-corrected chi connectivity index (χ2v) is 5.09. The Hall–Kier alpha value is -1.13. The van der Waals surface area contributed by atoms with Gasteiger partial charge >= 0.3 is 5.97 Å².